The Kier molecular flexibility index (Phi) is 6.47. The average molecular weight is 341 g/mol. The molecular formula is C17H19N5O3. The molecule has 0 aliphatic rings. The molecule has 1 heterocycles. The minimum absolute atomic E-state index is 0.112. The van der Waals surface area contributed by atoms with Gasteiger partial charge in [0, 0.05) is 26.0 Å². The predicted octanol–water partition coefficient (Wildman–Crippen LogP) is 1.53. The molecule has 0 fully saturated rings. The molecule has 2 N–H and O–H groups in total. The normalized spacial score (nSPS) is 9.80. The van der Waals surface area contributed by atoms with Gasteiger partial charge in [-0.15, -0.1) is 0 Å². The van der Waals surface area contributed by atoms with E-state index in [9.17, 15) is 9.59 Å². The lowest BCUT2D eigenvalue weighted by Gasteiger charge is -2.18. The number of ether oxygens (including phenoxy) is 1. The standard InChI is InChI=1S/C17H19N5O3/c1-3-10-25-14-6-4-13(5-7-14)12-22(2)17(24)21-20-16(23)15-11-18-8-9-19-15/h3-9,11H,1,10,12H2,2H3,(H,20,23)(H,21,24). The molecule has 0 bridgehead atoms. The number of amides is 3. The third-order valence-electron chi connectivity index (χ3n) is 3.14. The number of hydrogen-bond donors (Lipinski definition) is 2. The highest BCUT2D eigenvalue weighted by Gasteiger charge is 2.12. The van der Waals surface area contributed by atoms with E-state index >= 15 is 0 Å². The van der Waals surface area contributed by atoms with Gasteiger partial charge < -0.3 is 9.64 Å². The van der Waals surface area contributed by atoms with Crippen molar-refractivity contribution in [3.05, 3.63) is 66.8 Å². The Labute approximate surface area is 145 Å². The lowest BCUT2D eigenvalue weighted by atomic mass is 10.2. The van der Waals surface area contributed by atoms with Gasteiger partial charge in [-0.2, -0.15) is 0 Å². The van der Waals surface area contributed by atoms with Crippen molar-refractivity contribution in [2.75, 3.05) is 13.7 Å². The Bertz CT molecular complexity index is 719. The number of nitrogens with one attached hydrogen (secondary N) is 2. The molecule has 0 saturated carbocycles. The summed E-state index contributed by atoms with van der Waals surface area (Å²) < 4.78 is 5.40. The van der Waals surface area contributed by atoms with Crippen LogP contribution in [0.2, 0.25) is 0 Å². The van der Waals surface area contributed by atoms with Crippen LogP contribution in [0.5, 0.6) is 5.75 Å². The monoisotopic (exact) mass is 341 g/mol. The number of carbonyl (C=O) groups excluding carboxylic acids is 2. The highest BCUT2D eigenvalue weighted by Crippen LogP contribution is 2.13. The predicted molar refractivity (Wildman–Crippen MR) is 91.6 cm³/mol. The fourth-order valence-corrected chi connectivity index (χ4v) is 1.88. The Balaban J connectivity index is 1.81. The molecular weight excluding hydrogens is 322 g/mol. The number of hydrogen-bond acceptors (Lipinski definition) is 5. The van der Waals surface area contributed by atoms with Crippen molar-refractivity contribution in [3.8, 4) is 5.75 Å². The number of benzene rings is 1. The van der Waals surface area contributed by atoms with Crippen LogP contribution in [0.1, 0.15) is 16.1 Å². The van der Waals surface area contributed by atoms with Gasteiger partial charge in [0.2, 0.25) is 0 Å². The molecule has 3 amide bonds. The van der Waals surface area contributed by atoms with Crippen LogP contribution in [0.3, 0.4) is 0 Å². The number of rotatable bonds is 6. The maximum atomic E-state index is 12.0. The molecule has 0 spiro atoms. The van der Waals surface area contributed by atoms with Gasteiger partial charge in [-0.3, -0.25) is 15.2 Å². The van der Waals surface area contributed by atoms with E-state index in [0.29, 0.717) is 13.2 Å². The fraction of sp³-hybridized carbons (Fsp3) is 0.176. The van der Waals surface area contributed by atoms with E-state index in [4.69, 9.17) is 4.74 Å². The molecule has 0 unspecified atom stereocenters. The van der Waals surface area contributed by atoms with Gasteiger partial charge in [0.25, 0.3) is 5.91 Å². The maximum Gasteiger partial charge on any atom is 0.336 e. The van der Waals surface area contributed by atoms with E-state index in [2.05, 4.69) is 27.4 Å². The van der Waals surface area contributed by atoms with Gasteiger partial charge in [-0.1, -0.05) is 24.8 Å². The van der Waals surface area contributed by atoms with Crippen LogP contribution >= 0.6 is 0 Å². The maximum absolute atomic E-state index is 12.0. The molecule has 8 heteroatoms. The van der Waals surface area contributed by atoms with Crippen molar-refractivity contribution in [1.82, 2.24) is 25.7 Å². The molecule has 1 aromatic carbocycles. The van der Waals surface area contributed by atoms with Crippen LogP contribution in [-0.2, 0) is 6.54 Å². The first kappa shape index (κ1) is 17.9. The summed E-state index contributed by atoms with van der Waals surface area (Å²) in [7, 11) is 1.62. The average Bonchev–Trinajstić information content (AvgIpc) is 2.65. The van der Waals surface area contributed by atoms with Gasteiger partial charge in [0.1, 0.15) is 18.1 Å². The van der Waals surface area contributed by atoms with Gasteiger partial charge >= 0.3 is 6.03 Å². The zero-order valence-electron chi connectivity index (χ0n) is 13.8. The van der Waals surface area contributed by atoms with Crippen LogP contribution < -0.4 is 15.6 Å². The second-order valence-corrected chi connectivity index (χ2v) is 5.07. The summed E-state index contributed by atoms with van der Waals surface area (Å²) in [4.78, 5) is 32.9. The van der Waals surface area contributed by atoms with Crippen molar-refractivity contribution in [2.24, 2.45) is 0 Å². The number of nitrogens with zero attached hydrogens (tertiary/aromatic N) is 3. The molecule has 2 rings (SSSR count). The van der Waals surface area contributed by atoms with Crippen LogP contribution in [0.4, 0.5) is 4.79 Å². The minimum Gasteiger partial charge on any atom is -0.490 e. The third kappa shape index (κ3) is 5.61. The molecule has 8 nitrogen and oxygen atoms in total. The first-order valence-electron chi connectivity index (χ1n) is 7.50. The van der Waals surface area contributed by atoms with Crippen molar-refractivity contribution in [2.45, 2.75) is 6.54 Å². The molecule has 25 heavy (non-hydrogen) atoms. The zero-order valence-corrected chi connectivity index (χ0v) is 13.8. The molecule has 0 aliphatic heterocycles. The largest absolute Gasteiger partial charge is 0.490 e. The van der Waals surface area contributed by atoms with Crippen molar-refractivity contribution < 1.29 is 14.3 Å². The summed E-state index contributed by atoms with van der Waals surface area (Å²) in [5, 5.41) is 0. The van der Waals surface area contributed by atoms with Crippen LogP contribution in [0, 0.1) is 0 Å². The highest BCUT2D eigenvalue weighted by atomic mass is 16.5. The molecule has 0 aliphatic carbocycles. The molecule has 130 valence electrons. The molecule has 1 aromatic heterocycles. The molecule has 0 atom stereocenters. The topological polar surface area (TPSA) is 96.5 Å². The Morgan fingerprint density at radius 1 is 1.24 bits per heavy atom. The first-order chi connectivity index (χ1) is 12.1. The number of hydrazine groups is 1. The second kappa shape index (κ2) is 9.02. The quantitative estimate of drug-likeness (QED) is 0.613. The number of urea groups is 1. The van der Waals surface area contributed by atoms with Crippen molar-refractivity contribution >= 4 is 11.9 Å². The minimum atomic E-state index is -0.543. The summed E-state index contributed by atoms with van der Waals surface area (Å²) in [5.41, 5.74) is 5.64. The Morgan fingerprint density at radius 3 is 2.64 bits per heavy atom. The molecule has 2 aromatic rings. The summed E-state index contributed by atoms with van der Waals surface area (Å²) in [6.07, 6.45) is 5.82. The van der Waals surface area contributed by atoms with Gasteiger partial charge in [0.05, 0.1) is 6.20 Å². The Hall–Kier alpha value is -3.42. The van der Waals surface area contributed by atoms with E-state index in [1.54, 1.807) is 13.1 Å². The third-order valence-corrected chi connectivity index (χ3v) is 3.14. The van der Waals surface area contributed by atoms with Gasteiger partial charge in [-0.25, -0.2) is 15.2 Å². The molecule has 0 radical (unpaired) electrons. The zero-order chi connectivity index (χ0) is 18.1. The first-order valence-corrected chi connectivity index (χ1v) is 7.50. The summed E-state index contributed by atoms with van der Waals surface area (Å²) in [6.45, 7) is 4.40. The Morgan fingerprint density at radius 2 is 2.00 bits per heavy atom. The summed E-state index contributed by atoms with van der Waals surface area (Å²) >= 11 is 0. The van der Waals surface area contributed by atoms with Crippen molar-refractivity contribution in [3.63, 3.8) is 0 Å². The van der Waals surface area contributed by atoms with Crippen LogP contribution in [-0.4, -0.2) is 40.5 Å². The fourth-order valence-electron chi connectivity index (χ4n) is 1.88. The SMILES string of the molecule is C=CCOc1ccc(CN(C)C(=O)NNC(=O)c2cnccn2)cc1. The summed E-state index contributed by atoms with van der Waals surface area (Å²) in [5.74, 6) is 0.186. The van der Waals surface area contributed by atoms with E-state index in [0.717, 1.165) is 11.3 Å². The van der Waals surface area contributed by atoms with Gasteiger partial charge in [0.15, 0.2) is 0 Å². The smallest absolute Gasteiger partial charge is 0.336 e. The summed E-state index contributed by atoms with van der Waals surface area (Å²) in [6, 6.07) is 6.91. The van der Waals surface area contributed by atoms with Crippen LogP contribution in [0.25, 0.3) is 0 Å². The highest BCUT2D eigenvalue weighted by molar-refractivity contribution is 5.93. The molecule has 0 saturated heterocycles. The van der Waals surface area contributed by atoms with E-state index < -0.39 is 11.9 Å². The van der Waals surface area contributed by atoms with E-state index in [1.807, 2.05) is 24.3 Å². The van der Waals surface area contributed by atoms with Crippen molar-refractivity contribution in [1.29, 1.82) is 0 Å². The van der Waals surface area contributed by atoms with Crippen LogP contribution in [0.15, 0.2) is 55.5 Å². The lowest BCUT2D eigenvalue weighted by Crippen LogP contribution is -2.47. The lowest BCUT2D eigenvalue weighted by molar-refractivity contribution is 0.0925. The number of aromatic nitrogens is 2. The second-order valence-electron chi connectivity index (χ2n) is 5.07. The van der Waals surface area contributed by atoms with Gasteiger partial charge in [-0.05, 0) is 17.7 Å². The van der Waals surface area contributed by atoms with E-state index in [-0.39, 0.29) is 5.69 Å². The number of carbonyl (C=O) groups is 2. The van der Waals surface area contributed by atoms with E-state index in [1.165, 1.54) is 23.5 Å².